The molecular formula is C12H14F3NO4. The van der Waals surface area contributed by atoms with Gasteiger partial charge in [-0.15, -0.1) is 0 Å². The summed E-state index contributed by atoms with van der Waals surface area (Å²) in [5.74, 6) is -0.315. The van der Waals surface area contributed by atoms with Crippen LogP contribution in [0.3, 0.4) is 0 Å². The molecule has 1 aromatic carbocycles. The fourth-order valence-corrected chi connectivity index (χ4v) is 1.48. The van der Waals surface area contributed by atoms with Gasteiger partial charge in [0, 0.05) is 12.1 Å². The molecule has 0 aromatic heterocycles. The van der Waals surface area contributed by atoms with E-state index >= 15 is 0 Å². The molecule has 0 fully saturated rings. The lowest BCUT2D eigenvalue weighted by Crippen LogP contribution is -2.33. The van der Waals surface area contributed by atoms with E-state index in [0.29, 0.717) is 5.75 Å². The number of nitrogens with one attached hydrogen (secondary N) is 1. The summed E-state index contributed by atoms with van der Waals surface area (Å²) in [5.41, 5.74) is -0.0746. The summed E-state index contributed by atoms with van der Waals surface area (Å²) >= 11 is 0. The number of carbonyl (C=O) groups is 1. The summed E-state index contributed by atoms with van der Waals surface area (Å²) in [7, 11) is 4.03. The van der Waals surface area contributed by atoms with E-state index in [1.165, 1.54) is 33.5 Å². The van der Waals surface area contributed by atoms with Crippen molar-refractivity contribution in [2.45, 2.75) is 6.18 Å². The molecule has 0 radical (unpaired) electrons. The molecule has 0 saturated carbocycles. The molecule has 0 bridgehead atoms. The molecule has 0 unspecified atom stereocenters. The van der Waals surface area contributed by atoms with Crippen LogP contribution in [0.15, 0.2) is 12.1 Å². The van der Waals surface area contributed by atoms with Crippen molar-refractivity contribution in [2.24, 2.45) is 0 Å². The van der Waals surface area contributed by atoms with E-state index in [-0.39, 0.29) is 17.1 Å². The Hall–Kier alpha value is -2.12. The van der Waals surface area contributed by atoms with Crippen LogP contribution in [0.4, 0.5) is 13.2 Å². The summed E-state index contributed by atoms with van der Waals surface area (Å²) in [6, 6.07) is 2.62. The van der Waals surface area contributed by atoms with Gasteiger partial charge in [0.05, 0.1) is 26.9 Å². The van der Waals surface area contributed by atoms with E-state index < -0.39 is 18.6 Å². The molecule has 1 amide bonds. The molecule has 0 aliphatic carbocycles. The lowest BCUT2D eigenvalue weighted by molar-refractivity contribution is -0.123. The standard InChI is InChI=1S/C12H14F3NO4/c1-18-8-5-10(20-3)9(19-2)4-7(8)11(17)16-6-12(13,14)15/h4-5H,6H2,1-3H3,(H,16,17). The van der Waals surface area contributed by atoms with Gasteiger partial charge < -0.3 is 19.5 Å². The number of carbonyl (C=O) groups excluding carboxylic acids is 1. The smallest absolute Gasteiger partial charge is 0.405 e. The molecule has 20 heavy (non-hydrogen) atoms. The highest BCUT2D eigenvalue weighted by Gasteiger charge is 2.28. The number of benzene rings is 1. The minimum Gasteiger partial charge on any atom is -0.496 e. The Kier molecular flexibility index (Phi) is 5.06. The van der Waals surface area contributed by atoms with Crippen LogP contribution < -0.4 is 19.5 Å². The first-order valence-electron chi connectivity index (χ1n) is 5.47. The largest absolute Gasteiger partial charge is 0.496 e. The first-order valence-corrected chi connectivity index (χ1v) is 5.47. The van der Waals surface area contributed by atoms with Crippen molar-refractivity contribution < 1.29 is 32.2 Å². The van der Waals surface area contributed by atoms with Gasteiger partial charge in [-0.1, -0.05) is 0 Å². The second-order valence-electron chi connectivity index (χ2n) is 3.71. The Morgan fingerprint density at radius 2 is 1.55 bits per heavy atom. The maximum absolute atomic E-state index is 12.1. The number of rotatable bonds is 5. The van der Waals surface area contributed by atoms with Crippen molar-refractivity contribution in [1.29, 1.82) is 0 Å². The summed E-state index contributed by atoms with van der Waals surface area (Å²) < 4.78 is 51.2. The zero-order chi connectivity index (χ0) is 15.3. The number of hydrogen-bond acceptors (Lipinski definition) is 4. The van der Waals surface area contributed by atoms with E-state index in [0.717, 1.165) is 0 Å². The zero-order valence-electron chi connectivity index (χ0n) is 11.1. The normalized spacial score (nSPS) is 10.9. The topological polar surface area (TPSA) is 56.8 Å². The predicted molar refractivity (Wildman–Crippen MR) is 64.5 cm³/mol. The highest BCUT2D eigenvalue weighted by Crippen LogP contribution is 2.34. The highest BCUT2D eigenvalue weighted by molar-refractivity contribution is 5.97. The third-order valence-corrected chi connectivity index (χ3v) is 2.40. The lowest BCUT2D eigenvalue weighted by Gasteiger charge is -2.14. The molecular weight excluding hydrogens is 279 g/mol. The Morgan fingerprint density at radius 3 is 2.00 bits per heavy atom. The van der Waals surface area contributed by atoms with Crippen LogP contribution in [0.25, 0.3) is 0 Å². The van der Waals surface area contributed by atoms with Gasteiger partial charge in [0.1, 0.15) is 12.3 Å². The van der Waals surface area contributed by atoms with E-state index in [9.17, 15) is 18.0 Å². The van der Waals surface area contributed by atoms with Crippen molar-refractivity contribution in [2.75, 3.05) is 27.9 Å². The molecule has 0 heterocycles. The summed E-state index contributed by atoms with van der Waals surface area (Å²) in [5, 5.41) is 1.76. The first-order chi connectivity index (χ1) is 9.32. The fourth-order valence-electron chi connectivity index (χ4n) is 1.48. The molecule has 0 spiro atoms. The second kappa shape index (κ2) is 6.36. The predicted octanol–water partition coefficient (Wildman–Crippen LogP) is 2.00. The number of hydrogen-bond donors (Lipinski definition) is 1. The maximum atomic E-state index is 12.1. The molecule has 0 saturated heterocycles. The maximum Gasteiger partial charge on any atom is 0.405 e. The van der Waals surface area contributed by atoms with E-state index in [2.05, 4.69) is 0 Å². The molecule has 0 atom stereocenters. The van der Waals surface area contributed by atoms with Crippen molar-refractivity contribution in [3.05, 3.63) is 17.7 Å². The van der Waals surface area contributed by atoms with Gasteiger partial charge >= 0.3 is 6.18 Å². The number of alkyl halides is 3. The van der Waals surface area contributed by atoms with Gasteiger partial charge in [-0.25, -0.2) is 0 Å². The van der Waals surface area contributed by atoms with E-state index in [1.54, 1.807) is 5.32 Å². The molecule has 112 valence electrons. The molecule has 5 nitrogen and oxygen atoms in total. The zero-order valence-corrected chi connectivity index (χ0v) is 11.1. The quantitative estimate of drug-likeness (QED) is 0.902. The van der Waals surface area contributed by atoms with Crippen LogP contribution >= 0.6 is 0 Å². The summed E-state index contributed by atoms with van der Waals surface area (Å²) in [4.78, 5) is 11.8. The average Bonchev–Trinajstić information content (AvgIpc) is 2.42. The third kappa shape index (κ3) is 3.94. The van der Waals surface area contributed by atoms with E-state index in [1.807, 2.05) is 0 Å². The van der Waals surface area contributed by atoms with Crippen molar-refractivity contribution in [3.8, 4) is 17.2 Å². The van der Waals surface area contributed by atoms with Crippen LogP contribution in [-0.4, -0.2) is 40.0 Å². The molecule has 0 aliphatic rings. The average molecular weight is 293 g/mol. The summed E-state index contributed by atoms with van der Waals surface area (Å²) in [6.07, 6.45) is -4.49. The SMILES string of the molecule is COc1cc(OC)c(C(=O)NCC(F)(F)F)cc1OC. The van der Waals surface area contributed by atoms with Crippen LogP contribution in [0.2, 0.25) is 0 Å². The van der Waals surface area contributed by atoms with Gasteiger partial charge in [-0.05, 0) is 0 Å². The lowest BCUT2D eigenvalue weighted by atomic mass is 10.1. The Balaban J connectivity index is 3.06. The fraction of sp³-hybridized carbons (Fsp3) is 0.417. The number of ether oxygens (including phenoxy) is 3. The second-order valence-corrected chi connectivity index (χ2v) is 3.71. The molecule has 1 aromatic rings. The first kappa shape index (κ1) is 15.9. The number of methoxy groups -OCH3 is 3. The number of amides is 1. The monoisotopic (exact) mass is 293 g/mol. The Labute approximate surface area is 113 Å². The van der Waals surface area contributed by atoms with Gasteiger partial charge in [0.2, 0.25) is 0 Å². The van der Waals surface area contributed by atoms with Crippen LogP contribution in [0.1, 0.15) is 10.4 Å². The van der Waals surface area contributed by atoms with Gasteiger partial charge in [-0.2, -0.15) is 13.2 Å². The summed E-state index contributed by atoms with van der Waals surface area (Å²) in [6.45, 7) is -1.43. The molecule has 8 heteroatoms. The van der Waals surface area contributed by atoms with Crippen LogP contribution in [0, 0.1) is 0 Å². The van der Waals surface area contributed by atoms with Crippen molar-refractivity contribution >= 4 is 5.91 Å². The number of halogens is 3. The van der Waals surface area contributed by atoms with Crippen LogP contribution in [0.5, 0.6) is 17.2 Å². The van der Waals surface area contributed by atoms with Gasteiger partial charge in [0.15, 0.2) is 11.5 Å². The third-order valence-electron chi connectivity index (χ3n) is 2.40. The highest BCUT2D eigenvalue weighted by atomic mass is 19.4. The Bertz CT molecular complexity index is 488. The molecule has 1 rings (SSSR count). The van der Waals surface area contributed by atoms with Crippen molar-refractivity contribution in [1.82, 2.24) is 5.32 Å². The van der Waals surface area contributed by atoms with Gasteiger partial charge in [-0.3, -0.25) is 4.79 Å². The van der Waals surface area contributed by atoms with Gasteiger partial charge in [0.25, 0.3) is 5.91 Å². The minimum atomic E-state index is -4.49. The molecule has 1 N–H and O–H groups in total. The van der Waals surface area contributed by atoms with Crippen molar-refractivity contribution in [3.63, 3.8) is 0 Å². The molecule has 0 aliphatic heterocycles. The Morgan fingerprint density at radius 1 is 1.05 bits per heavy atom. The van der Waals surface area contributed by atoms with Crippen LogP contribution in [-0.2, 0) is 0 Å². The minimum absolute atomic E-state index is 0.0746. The van der Waals surface area contributed by atoms with E-state index in [4.69, 9.17) is 14.2 Å².